The average Bonchev–Trinajstić information content (AvgIpc) is 2.16. The van der Waals surface area contributed by atoms with E-state index in [0.717, 1.165) is 25.9 Å². The van der Waals surface area contributed by atoms with E-state index in [1.54, 1.807) is 6.92 Å². The number of hydrogen-bond donors (Lipinski definition) is 2. The molecule has 3 N–H and O–H groups in total. The summed E-state index contributed by atoms with van der Waals surface area (Å²) in [6.07, 6.45) is 2.04. The maximum Gasteiger partial charge on any atom is 0.221 e. The van der Waals surface area contributed by atoms with E-state index in [-0.39, 0.29) is 23.9 Å². The molecule has 0 spiro atoms. The first-order valence-electron chi connectivity index (χ1n) is 5.79. The Morgan fingerprint density at radius 1 is 1.44 bits per heavy atom. The van der Waals surface area contributed by atoms with Crippen LogP contribution in [0, 0.1) is 0 Å². The molecule has 1 heterocycles. The van der Waals surface area contributed by atoms with Gasteiger partial charge in [-0.3, -0.25) is 9.59 Å². The summed E-state index contributed by atoms with van der Waals surface area (Å²) in [4.78, 5) is 24.4. The normalized spacial score (nSPS) is 19.3. The number of likely N-dealkylation sites (tertiary alicyclic amines) is 1. The number of carbonyl (C=O) groups excluding carboxylic acids is 2. The van der Waals surface area contributed by atoms with Crippen molar-refractivity contribution in [3.05, 3.63) is 0 Å². The largest absolute Gasteiger partial charge is 0.353 e. The third kappa shape index (κ3) is 4.18. The lowest BCUT2D eigenvalue weighted by molar-refractivity contribution is -0.130. The van der Waals surface area contributed by atoms with Crippen molar-refractivity contribution in [3.8, 4) is 0 Å². The van der Waals surface area contributed by atoms with Crippen molar-refractivity contribution >= 4 is 11.8 Å². The van der Waals surface area contributed by atoms with Crippen molar-refractivity contribution in [2.75, 3.05) is 13.1 Å². The molecule has 2 amide bonds. The van der Waals surface area contributed by atoms with E-state index in [4.69, 9.17) is 5.73 Å². The SMILES string of the molecule is CC(=O)N1CCC(NC(=O)CC(C)N)CC1. The van der Waals surface area contributed by atoms with Gasteiger partial charge in [0.15, 0.2) is 0 Å². The van der Waals surface area contributed by atoms with Crippen LogP contribution in [0.25, 0.3) is 0 Å². The molecule has 5 heteroatoms. The van der Waals surface area contributed by atoms with Gasteiger partial charge in [-0.25, -0.2) is 0 Å². The van der Waals surface area contributed by atoms with E-state index in [1.165, 1.54) is 0 Å². The zero-order valence-corrected chi connectivity index (χ0v) is 10.0. The topological polar surface area (TPSA) is 75.4 Å². The molecule has 1 aliphatic heterocycles. The quantitative estimate of drug-likeness (QED) is 0.704. The maximum absolute atomic E-state index is 11.5. The van der Waals surface area contributed by atoms with Crippen LogP contribution in [0.15, 0.2) is 0 Å². The van der Waals surface area contributed by atoms with Crippen molar-refractivity contribution in [1.29, 1.82) is 0 Å². The van der Waals surface area contributed by atoms with Crippen molar-refractivity contribution in [1.82, 2.24) is 10.2 Å². The fourth-order valence-corrected chi connectivity index (χ4v) is 1.92. The molecule has 1 aliphatic rings. The Balaban J connectivity index is 2.26. The number of amides is 2. The number of rotatable bonds is 3. The first-order chi connectivity index (χ1) is 7.49. The molecule has 1 rings (SSSR count). The monoisotopic (exact) mass is 227 g/mol. The van der Waals surface area contributed by atoms with Gasteiger partial charge >= 0.3 is 0 Å². The maximum atomic E-state index is 11.5. The summed E-state index contributed by atoms with van der Waals surface area (Å²) in [6.45, 7) is 4.86. The molecule has 0 aromatic rings. The number of hydrogen-bond acceptors (Lipinski definition) is 3. The Hall–Kier alpha value is -1.10. The van der Waals surface area contributed by atoms with Crippen LogP contribution < -0.4 is 11.1 Å². The lowest BCUT2D eigenvalue weighted by Crippen LogP contribution is -2.46. The third-order valence-electron chi connectivity index (χ3n) is 2.81. The summed E-state index contributed by atoms with van der Waals surface area (Å²) in [7, 11) is 0. The number of nitrogens with two attached hydrogens (primary N) is 1. The fraction of sp³-hybridized carbons (Fsp3) is 0.818. The minimum absolute atomic E-state index is 0.0104. The molecule has 0 radical (unpaired) electrons. The summed E-state index contributed by atoms with van der Waals surface area (Å²) in [6, 6.07) is 0.0964. The summed E-state index contributed by atoms with van der Waals surface area (Å²) in [5.74, 6) is 0.122. The van der Waals surface area contributed by atoms with E-state index in [0.29, 0.717) is 6.42 Å². The Bertz CT molecular complexity index is 258. The Morgan fingerprint density at radius 2 is 2.00 bits per heavy atom. The van der Waals surface area contributed by atoms with Crippen molar-refractivity contribution in [3.63, 3.8) is 0 Å². The van der Waals surface area contributed by atoms with Crippen LogP contribution in [0.5, 0.6) is 0 Å². The molecule has 16 heavy (non-hydrogen) atoms. The second kappa shape index (κ2) is 5.84. The summed E-state index contributed by atoms with van der Waals surface area (Å²) in [5, 5.41) is 2.95. The van der Waals surface area contributed by atoms with Gasteiger partial charge < -0.3 is 16.0 Å². The number of nitrogens with zero attached hydrogens (tertiary/aromatic N) is 1. The van der Waals surface area contributed by atoms with E-state index in [9.17, 15) is 9.59 Å². The van der Waals surface area contributed by atoms with Crippen LogP contribution >= 0.6 is 0 Å². The predicted molar refractivity (Wildman–Crippen MR) is 61.7 cm³/mol. The second-order valence-corrected chi connectivity index (χ2v) is 4.53. The van der Waals surface area contributed by atoms with Gasteiger partial charge in [-0.05, 0) is 19.8 Å². The first kappa shape index (κ1) is 13.0. The molecule has 1 unspecified atom stereocenters. The van der Waals surface area contributed by atoms with Crippen molar-refractivity contribution < 1.29 is 9.59 Å². The standard InChI is InChI=1S/C11H21N3O2/c1-8(12)7-11(16)13-10-3-5-14(6-4-10)9(2)15/h8,10H,3-7,12H2,1-2H3,(H,13,16). The third-order valence-corrected chi connectivity index (χ3v) is 2.81. The highest BCUT2D eigenvalue weighted by Gasteiger charge is 2.21. The lowest BCUT2D eigenvalue weighted by Gasteiger charge is -2.31. The number of piperidine rings is 1. The van der Waals surface area contributed by atoms with Crippen LogP contribution in [0.3, 0.4) is 0 Å². The molecule has 0 aromatic heterocycles. The number of carbonyl (C=O) groups is 2. The molecule has 5 nitrogen and oxygen atoms in total. The molecular formula is C11H21N3O2. The highest BCUT2D eigenvalue weighted by molar-refractivity contribution is 5.77. The molecular weight excluding hydrogens is 206 g/mol. The van der Waals surface area contributed by atoms with E-state index >= 15 is 0 Å². The first-order valence-corrected chi connectivity index (χ1v) is 5.79. The number of nitrogens with one attached hydrogen (secondary N) is 1. The second-order valence-electron chi connectivity index (χ2n) is 4.53. The van der Waals surface area contributed by atoms with Gasteiger partial charge in [0.2, 0.25) is 11.8 Å². The molecule has 1 fully saturated rings. The zero-order chi connectivity index (χ0) is 12.1. The van der Waals surface area contributed by atoms with Crippen molar-refractivity contribution in [2.24, 2.45) is 5.73 Å². The van der Waals surface area contributed by atoms with Gasteiger partial charge in [-0.2, -0.15) is 0 Å². The van der Waals surface area contributed by atoms with Gasteiger partial charge in [0.05, 0.1) is 0 Å². The molecule has 0 aromatic carbocycles. The molecule has 0 aliphatic carbocycles. The summed E-state index contributed by atoms with van der Waals surface area (Å²) in [5.41, 5.74) is 5.55. The molecule has 1 atom stereocenters. The minimum Gasteiger partial charge on any atom is -0.353 e. The Morgan fingerprint density at radius 3 is 2.44 bits per heavy atom. The van der Waals surface area contributed by atoms with E-state index in [1.807, 2.05) is 11.8 Å². The predicted octanol–water partition coefficient (Wildman–Crippen LogP) is -0.149. The van der Waals surface area contributed by atoms with Gasteiger partial charge in [-0.1, -0.05) is 0 Å². The lowest BCUT2D eigenvalue weighted by atomic mass is 10.0. The van der Waals surface area contributed by atoms with Crippen LogP contribution in [0.2, 0.25) is 0 Å². The van der Waals surface area contributed by atoms with E-state index in [2.05, 4.69) is 5.32 Å². The van der Waals surface area contributed by atoms with Crippen LogP contribution in [0.1, 0.15) is 33.1 Å². The van der Waals surface area contributed by atoms with Crippen LogP contribution in [0.4, 0.5) is 0 Å². The highest BCUT2D eigenvalue weighted by Crippen LogP contribution is 2.10. The van der Waals surface area contributed by atoms with Gasteiger partial charge in [0.1, 0.15) is 0 Å². The fourth-order valence-electron chi connectivity index (χ4n) is 1.92. The molecule has 0 bridgehead atoms. The van der Waals surface area contributed by atoms with Gasteiger partial charge in [0, 0.05) is 38.5 Å². The van der Waals surface area contributed by atoms with Gasteiger partial charge in [-0.15, -0.1) is 0 Å². The Kier molecular flexibility index (Phi) is 4.73. The minimum atomic E-state index is -0.0997. The summed E-state index contributed by atoms with van der Waals surface area (Å²) < 4.78 is 0. The van der Waals surface area contributed by atoms with Crippen LogP contribution in [-0.4, -0.2) is 41.9 Å². The molecule has 0 saturated carbocycles. The van der Waals surface area contributed by atoms with E-state index < -0.39 is 0 Å². The highest BCUT2D eigenvalue weighted by atomic mass is 16.2. The van der Waals surface area contributed by atoms with Crippen molar-refractivity contribution in [2.45, 2.75) is 45.2 Å². The zero-order valence-electron chi connectivity index (χ0n) is 10.0. The Labute approximate surface area is 96.4 Å². The summed E-state index contributed by atoms with van der Waals surface area (Å²) >= 11 is 0. The average molecular weight is 227 g/mol. The van der Waals surface area contributed by atoms with Gasteiger partial charge in [0.25, 0.3) is 0 Å². The molecule has 1 saturated heterocycles. The smallest absolute Gasteiger partial charge is 0.221 e. The van der Waals surface area contributed by atoms with Crippen LogP contribution in [-0.2, 0) is 9.59 Å². The molecule has 92 valence electrons.